The molecule has 1 heterocycles. The molecule has 1 aromatic carbocycles. The molecule has 6 heteroatoms. The fourth-order valence-corrected chi connectivity index (χ4v) is 2.51. The average molecular weight is 335 g/mol. The highest BCUT2D eigenvalue weighted by Crippen LogP contribution is 2.16. The van der Waals surface area contributed by atoms with Crippen molar-refractivity contribution in [2.75, 3.05) is 51.3 Å². The van der Waals surface area contributed by atoms with Crippen LogP contribution in [-0.2, 0) is 9.53 Å². The zero-order valence-corrected chi connectivity index (χ0v) is 14.7. The molecule has 0 radical (unpaired) electrons. The fraction of sp³-hybridized carbons (Fsp3) is 0.611. The molecule has 1 aliphatic heterocycles. The molecule has 0 bridgehead atoms. The number of benzene rings is 1. The van der Waals surface area contributed by atoms with Gasteiger partial charge in [0.15, 0.2) is 0 Å². The topological polar surface area (TPSA) is 62.8 Å². The second kappa shape index (κ2) is 10.2. The highest BCUT2D eigenvalue weighted by Gasteiger charge is 2.10. The number of hydrogen-bond donors (Lipinski definition) is 2. The summed E-state index contributed by atoms with van der Waals surface area (Å²) in [7, 11) is 0. The van der Waals surface area contributed by atoms with Crippen LogP contribution in [0.15, 0.2) is 24.3 Å². The van der Waals surface area contributed by atoms with E-state index in [9.17, 15) is 4.79 Å². The summed E-state index contributed by atoms with van der Waals surface area (Å²) in [5.74, 6) is 0.937. The number of amides is 1. The van der Waals surface area contributed by atoms with E-state index in [-0.39, 0.29) is 12.0 Å². The molecule has 0 atom stereocenters. The first kappa shape index (κ1) is 18.5. The van der Waals surface area contributed by atoms with E-state index in [1.807, 2.05) is 38.1 Å². The lowest BCUT2D eigenvalue weighted by Crippen LogP contribution is -2.41. The van der Waals surface area contributed by atoms with Gasteiger partial charge in [-0.05, 0) is 38.1 Å². The lowest BCUT2D eigenvalue weighted by Gasteiger charge is -2.26. The number of nitrogens with zero attached hydrogens (tertiary/aromatic N) is 1. The Kier molecular flexibility index (Phi) is 7.85. The molecule has 0 aromatic heterocycles. The van der Waals surface area contributed by atoms with Crippen molar-refractivity contribution in [1.29, 1.82) is 0 Å². The third kappa shape index (κ3) is 7.19. The molecule has 134 valence electrons. The van der Waals surface area contributed by atoms with E-state index in [0.29, 0.717) is 19.5 Å². The van der Waals surface area contributed by atoms with Crippen molar-refractivity contribution in [2.45, 2.75) is 26.4 Å². The summed E-state index contributed by atoms with van der Waals surface area (Å²) in [6.07, 6.45) is 0.637. The Morgan fingerprint density at radius 1 is 1.21 bits per heavy atom. The van der Waals surface area contributed by atoms with E-state index in [4.69, 9.17) is 9.47 Å². The van der Waals surface area contributed by atoms with Gasteiger partial charge < -0.3 is 20.1 Å². The standard InChI is InChI=1S/C18H29N3O3/c1-15(2)24-17-5-3-16(4-6-17)19-8-7-18(22)20-9-10-21-11-13-23-14-12-21/h3-6,15,19H,7-14H2,1-2H3,(H,20,22). The Balaban J connectivity index is 1.56. The van der Waals surface area contributed by atoms with Crippen molar-refractivity contribution in [1.82, 2.24) is 10.2 Å². The Morgan fingerprint density at radius 3 is 2.58 bits per heavy atom. The monoisotopic (exact) mass is 335 g/mol. The van der Waals surface area contributed by atoms with Crippen LogP contribution >= 0.6 is 0 Å². The van der Waals surface area contributed by atoms with Crippen LogP contribution in [0.2, 0.25) is 0 Å². The highest BCUT2D eigenvalue weighted by atomic mass is 16.5. The normalized spacial score (nSPS) is 15.3. The number of carbonyl (C=O) groups excluding carboxylic acids is 1. The number of nitrogens with one attached hydrogen (secondary N) is 2. The maximum atomic E-state index is 11.8. The molecular formula is C18H29N3O3. The van der Waals surface area contributed by atoms with Gasteiger partial charge in [-0.15, -0.1) is 0 Å². The van der Waals surface area contributed by atoms with Crippen LogP contribution < -0.4 is 15.4 Å². The van der Waals surface area contributed by atoms with Gasteiger partial charge in [-0.1, -0.05) is 0 Å². The summed E-state index contributed by atoms with van der Waals surface area (Å²) in [5, 5.41) is 6.22. The molecule has 1 aromatic rings. The Labute approximate surface area is 144 Å². The quantitative estimate of drug-likeness (QED) is 0.719. The van der Waals surface area contributed by atoms with Gasteiger partial charge in [-0.2, -0.15) is 0 Å². The van der Waals surface area contributed by atoms with Gasteiger partial charge in [0.25, 0.3) is 0 Å². The van der Waals surface area contributed by atoms with Crippen LogP contribution in [0, 0.1) is 0 Å². The van der Waals surface area contributed by atoms with E-state index in [0.717, 1.165) is 44.3 Å². The van der Waals surface area contributed by atoms with Crippen LogP contribution in [0.5, 0.6) is 5.75 Å². The van der Waals surface area contributed by atoms with E-state index in [2.05, 4.69) is 15.5 Å². The smallest absolute Gasteiger partial charge is 0.221 e. The fourth-order valence-electron chi connectivity index (χ4n) is 2.51. The Morgan fingerprint density at radius 2 is 1.92 bits per heavy atom. The molecule has 24 heavy (non-hydrogen) atoms. The number of anilines is 1. The zero-order chi connectivity index (χ0) is 17.2. The van der Waals surface area contributed by atoms with E-state index in [1.165, 1.54) is 0 Å². The maximum absolute atomic E-state index is 11.8. The summed E-state index contributed by atoms with van der Waals surface area (Å²) in [4.78, 5) is 14.1. The van der Waals surface area contributed by atoms with Crippen LogP contribution in [0.3, 0.4) is 0 Å². The molecule has 0 saturated carbocycles. The second-order valence-corrected chi connectivity index (χ2v) is 6.17. The van der Waals surface area contributed by atoms with Crippen LogP contribution in [0.1, 0.15) is 20.3 Å². The minimum Gasteiger partial charge on any atom is -0.491 e. The Bertz CT molecular complexity index is 485. The van der Waals surface area contributed by atoms with Gasteiger partial charge in [0.1, 0.15) is 5.75 Å². The first-order valence-corrected chi connectivity index (χ1v) is 8.71. The summed E-state index contributed by atoms with van der Waals surface area (Å²) in [5.41, 5.74) is 0.993. The molecular weight excluding hydrogens is 306 g/mol. The summed E-state index contributed by atoms with van der Waals surface area (Å²) >= 11 is 0. The summed E-state index contributed by atoms with van der Waals surface area (Å²) in [6, 6.07) is 7.80. The van der Waals surface area contributed by atoms with Gasteiger partial charge in [0, 0.05) is 44.8 Å². The first-order chi connectivity index (χ1) is 11.6. The average Bonchev–Trinajstić information content (AvgIpc) is 2.57. The zero-order valence-electron chi connectivity index (χ0n) is 14.7. The molecule has 0 unspecified atom stereocenters. The summed E-state index contributed by atoms with van der Waals surface area (Å²) in [6.45, 7) is 9.70. The minimum atomic E-state index is 0.0792. The second-order valence-electron chi connectivity index (χ2n) is 6.17. The molecule has 0 spiro atoms. The number of ether oxygens (including phenoxy) is 2. The first-order valence-electron chi connectivity index (χ1n) is 8.71. The van der Waals surface area contributed by atoms with Crippen LogP contribution in [0.25, 0.3) is 0 Å². The van der Waals surface area contributed by atoms with Crippen LogP contribution in [0.4, 0.5) is 5.69 Å². The number of hydrogen-bond acceptors (Lipinski definition) is 5. The van der Waals surface area contributed by atoms with Gasteiger partial charge in [0.05, 0.1) is 19.3 Å². The van der Waals surface area contributed by atoms with E-state index >= 15 is 0 Å². The molecule has 1 saturated heterocycles. The highest BCUT2D eigenvalue weighted by molar-refractivity contribution is 5.76. The van der Waals surface area contributed by atoms with Gasteiger partial charge >= 0.3 is 0 Å². The SMILES string of the molecule is CC(C)Oc1ccc(NCCC(=O)NCCN2CCOCC2)cc1. The lowest BCUT2D eigenvalue weighted by molar-refractivity contribution is -0.120. The number of morpholine rings is 1. The lowest BCUT2D eigenvalue weighted by atomic mass is 10.3. The van der Waals surface area contributed by atoms with Crippen LogP contribution in [-0.4, -0.2) is 62.8 Å². The maximum Gasteiger partial charge on any atom is 0.221 e. The van der Waals surface area contributed by atoms with Crippen molar-refractivity contribution in [2.24, 2.45) is 0 Å². The molecule has 2 rings (SSSR count). The van der Waals surface area contributed by atoms with Gasteiger partial charge in [0.2, 0.25) is 5.91 Å². The third-order valence-electron chi connectivity index (χ3n) is 3.76. The van der Waals surface area contributed by atoms with Crippen molar-refractivity contribution in [3.8, 4) is 5.75 Å². The number of rotatable bonds is 9. The van der Waals surface area contributed by atoms with Gasteiger partial charge in [-0.25, -0.2) is 0 Å². The van der Waals surface area contributed by atoms with E-state index < -0.39 is 0 Å². The van der Waals surface area contributed by atoms with Crippen molar-refractivity contribution < 1.29 is 14.3 Å². The van der Waals surface area contributed by atoms with Crippen molar-refractivity contribution in [3.63, 3.8) is 0 Å². The molecule has 1 amide bonds. The predicted octanol–water partition coefficient (Wildman–Crippen LogP) is 1.72. The van der Waals surface area contributed by atoms with Crippen molar-refractivity contribution >= 4 is 11.6 Å². The molecule has 2 N–H and O–H groups in total. The Hall–Kier alpha value is -1.79. The summed E-state index contributed by atoms with van der Waals surface area (Å²) < 4.78 is 10.9. The molecule has 1 aliphatic rings. The van der Waals surface area contributed by atoms with Crippen molar-refractivity contribution in [3.05, 3.63) is 24.3 Å². The third-order valence-corrected chi connectivity index (χ3v) is 3.76. The molecule has 0 aliphatic carbocycles. The molecule has 1 fully saturated rings. The van der Waals surface area contributed by atoms with Gasteiger partial charge in [-0.3, -0.25) is 9.69 Å². The largest absolute Gasteiger partial charge is 0.491 e. The minimum absolute atomic E-state index is 0.0792. The van der Waals surface area contributed by atoms with E-state index in [1.54, 1.807) is 0 Å². The number of carbonyl (C=O) groups is 1. The predicted molar refractivity (Wildman–Crippen MR) is 95.6 cm³/mol. The molecule has 6 nitrogen and oxygen atoms in total.